The molecule has 1 N–H and O–H groups in total. The van der Waals surface area contributed by atoms with Crippen molar-refractivity contribution in [2.45, 2.75) is 91.3 Å². The van der Waals surface area contributed by atoms with Crippen molar-refractivity contribution in [3.05, 3.63) is 23.8 Å². The predicted molar refractivity (Wildman–Crippen MR) is 135 cm³/mol. The molecule has 6 nitrogen and oxygen atoms in total. The largest absolute Gasteiger partial charge is 0.446 e. The number of fused-ring (bicyclic) bond motifs is 5. The zero-order valence-corrected chi connectivity index (χ0v) is 23.6. The van der Waals surface area contributed by atoms with E-state index in [4.69, 9.17) is 9.47 Å². The van der Waals surface area contributed by atoms with Crippen LogP contribution < -0.4 is 0 Å². The van der Waals surface area contributed by atoms with Gasteiger partial charge >= 0.3 is 11.9 Å². The molecule has 1 unspecified atom stereocenters. The molecular weight excluding hydrogens is 513 g/mol. The lowest BCUT2D eigenvalue weighted by Gasteiger charge is -2.63. The minimum atomic E-state index is -2.35. The number of aliphatic hydroxyl groups excluding tert-OH is 1. The summed E-state index contributed by atoms with van der Waals surface area (Å²) in [6, 6.07) is 0. The first kappa shape index (κ1) is 28.4. The molecule has 0 heterocycles. The van der Waals surface area contributed by atoms with Crippen LogP contribution in [0.15, 0.2) is 23.8 Å². The van der Waals surface area contributed by atoms with E-state index in [0.717, 1.165) is 6.08 Å². The van der Waals surface area contributed by atoms with Crippen LogP contribution in [0.25, 0.3) is 0 Å². The number of hydrogen-bond donors (Lipinski definition) is 1. The van der Waals surface area contributed by atoms with E-state index in [0.29, 0.717) is 0 Å². The predicted octanol–water partition coefficient (Wildman–Crippen LogP) is 4.99. The van der Waals surface area contributed by atoms with Crippen molar-refractivity contribution >= 4 is 17.7 Å². The van der Waals surface area contributed by atoms with Gasteiger partial charge in [0.15, 0.2) is 11.5 Å². The SMILES string of the molecule is C[C@@H]1C[C@H]2[C@@H]3C[C@H](F)C4=CC(=O)C=C[C@]4(C)C3(F)[C@@H](O)C[C@]2(C)[C@@]1(OC(=O)C1C(C)(C)C1(C)C)C(=O)OCF. The molecule has 0 aliphatic heterocycles. The Balaban J connectivity index is 1.61. The van der Waals surface area contributed by atoms with Crippen LogP contribution in [0.3, 0.4) is 0 Å². The third kappa shape index (κ3) is 3.17. The first-order chi connectivity index (χ1) is 17.9. The normalized spacial score (nSPS) is 47.4. The molecule has 0 saturated heterocycles. The maximum absolute atomic E-state index is 17.5. The van der Waals surface area contributed by atoms with E-state index in [2.05, 4.69) is 0 Å². The Morgan fingerprint density at radius 2 is 1.69 bits per heavy atom. The quantitative estimate of drug-likeness (QED) is 0.495. The van der Waals surface area contributed by atoms with Gasteiger partial charge < -0.3 is 14.6 Å². The van der Waals surface area contributed by atoms with Crippen molar-refractivity contribution in [3.8, 4) is 0 Å². The summed E-state index contributed by atoms with van der Waals surface area (Å²) in [6.45, 7) is 11.1. The van der Waals surface area contributed by atoms with Crippen LogP contribution in [0.4, 0.5) is 13.2 Å². The first-order valence-electron chi connectivity index (χ1n) is 13.8. The molecule has 9 heteroatoms. The maximum Gasteiger partial charge on any atom is 0.353 e. The molecule has 0 amide bonds. The molecule has 9 atom stereocenters. The van der Waals surface area contributed by atoms with Crippen molar-refractivity contribution in [2.24, 2.45) is 45.3 Å². The van der Waals surface area contributed by atoms with Gasteiger partial charge in [0.05, 0.1) is 12.0 Å². The molecule has 0 aromatic heterocycles. The Morgan fingerprint density at radius 1 is 1.08 bits per heavy atom. The highest BCUT2D eigenvalue weighted by Crippen LogP contribution is 2.73. The van der Waals surface area contributed by atoms with Crippen LogP contribution in [0.5, 0.6) is 0 Å². The second kappa shape index (κ2) is 8.20. The van der Waals surface area contributed by atoms with Crippen molar-refractivity contribution in [1.82, 2.24) is 0 Å². The zero-order valence-electron chi connectivity index (χ0n) is 23.6. The van der Waals surface area contributed by atoms with Crippen LogP contribution in [0.1, 0.15) is 67.7 Å². The van der Waals surface area contributed by atoms with Crippen molar-refractivity contribution in [1.29, 1.82) is 0 Å². The summed E-state index contributed by atoms with van der Waals surface area (Å²) in [7, 11) is 0. The lowest BCUT2D eigenvalue weighted by molar-refractivity contribution is -0.241. The fraction of sp³-hybridized carbons (Fsp3) is 0.767. The number of carbonyl (C=O) groups excluding carboxylic acids is 3. The van der Waals surface area contributed by atoms with Gasteiger partial charge in [-0.05, 0) is 60.7 Å². The molecule has 4 saturated carbocycles. The van der Waals surface area contributed by atoms with Gasteiger partial charge in [0, 0.05) is 22.7 Å². The number of ether oxygens (including phenoxy) is 2. The lowest BCUT2D eigenvalue weighted by atomic mass is 9.44. The summed E-state index contributed by atoms with van der Waals surface area (Å²) in [6.07, 6.45) is -0.128. The van der Waals surface area contributed by atoms with Crippen LogP contribution >= 0.6 is 0 Å². The number of rotatable bonds is 4. The van der Waals surface area contributed by atoms with Crippen LogP contribution in [-0.2, 0) is 23.9 Å². The Bertz CT molecular complexity index is 1180. The number of hydrogen-bond acceptors (Lipinski definition) is 6. The van der Waals surface area contributed by atoms with Crippen LogP contribution in [-0.4, -0.2) is 53.2 Å². The Hall–Kier alpha value is -2.16. The average molecular weight is 553 g/mol. The molecule has 0 aromatic rings. The molecule has 4 fully saturated rings. The highest BCUT2D eigenvalue weighted by Gasteiger charge is 2.80. The second-order valence-electron chi connectivity index (χ2n) is 14.1. The van der Waals surface area contributed by atoms with Gasteiger partial charge in [-0.25, -0.2) is 18.0 Å². The smallest absolute Gasteiger partial charge is 0.353 e. The summed E-state index contributed by atoms with van der Waals surface area (Å²) in [5.41, 5.74) is -8.14. The average Bonchev–Trinajstić information content (AvgIpc) is 3.14. The van der Waals surface area contributed by atoms with Gasteiger partial charge in [0.2, 0.25) is 12.5 Å². The zero-order chi connectivity index (χ0) is 29.1. The number of halogens is 3. The molecule has 0 radical (unpaired) electrons. The van der Waals surface area contributed by atoms with Gasteiger partial charge in [-0.2, -0.15) is 0 Å². The van der Waals surface area contributed by atoms with Crippen LogP contribution in [0, 0.1) is 45.3 Å². The number of allylic oxidation sites excluding steroid dienone is 4. The molecule has 5 aliphatic carbocycles. The minimum Gasteiger partial charge on any atom is -0.446 e. The van der Waals surface area contributed by atoms with Crippen molar-refractivity contribution < 1.29 is 42.1 Å². The molecule has 39 heavy (non-hydrogen) atoms. The second-order valence-corrected chi connectivity index (χ2v) is 14.1. The summed E-state index contributed by atoms with van der Waals surface area (Å²) in [5.74, 6) is -5.18. The van der Waals surface area contributed by atoms with Crippen LogP contribution in [0.2, 0.25) is 0 Å². The Kier molecular flexibility index (Phi) is 5.96. The molecule has 5 aliphatic rings. The van der Waals surface area contributed by atoms with E-state index >= 15 is 8.78 Å². The minimum absolute atomic E-state index is 0.00447. The van der Waals surface area contributed by atoms with Gasteiger partial charge in [0.25, 0.3) is 0 Å². The summed E-state index contributed by atoms with van der Waals surface area (Å²) in [4.78, 5) is 39.3. The molecule has 0 aromatic carbocycles. The van der Waals surface area contributed by atoms with Gasteiger partial charge in [-0.3, -0.25) is 9.59 Å². The summed E-state index contributed by atoms with van der Waals surface area (Å²) >= 11 is 0. The third-order valence-electron chi connectivity index (χ3n) is 12.2. The Labute approximate surface area is 227 Å². The first-order valence-corrected chi connectivity index (χ1v) is 13.8. The van der Waals surface area contributed by atoms with E-state index in [1.54, 1.807) is 13.8 Å². The number of ketones is 1. The Morgan fingerprint density at radius 3 is 2.26 bits per heavy atom. The topological polar surface area (TPSA) is 89.9 Å². The summed E-state index contributed by atoms with van der Waals surface area (Å²) in [5, 5.41) is 11.6. The maximum atomic E-state index is 17.5. The number of carbonyl (C=O) groups is 3. The highest BCUT2D eigenvalue weighted by atomic mass is 19.1. The number of alkyl halides is 3. The van der Waals surface area contributed by atoms with Crippen molar-refractivity contribution in [3.63, 3.8) is 0 Å². The molecule has 0 spiro atoms. The monoisotopic (exact) mass is 552 g/mol. The molecule has 0 bridgehead atoms. The summed E-state index contributed by atoms with van der Waals surface area (Å²) < 4.78 is 57.6. The lowest BCUT2D eigenvalue weighted by Crippen LogP contribution is -2.71. The van der Waals surface area contributed by atoms with E-state index in [-0.39, 0.29) is 24.8 Å². The van der Waals surface area contributed by atoms with E-state index in [1.807, 2.05) is 27.7 Å². The molecule has 5 rings (SSSR count). The highest BCUT2D eigenvalue weighted by molar-refractivity contribution is 6.01. The molecule has 216 valence electrons. The van der Waals surface area contributed by atoms with E-state index < -0.39 is 93.5 Å². The van der Waals surface area contributed by atoms with E-state index in [9.17, 15) is 23.9 Å². The van der Waals surface area contributed by atoms with Crippen molar-refractivity contribution in [2.75, 3.05) is 6.86 Å². The van der Waals surface area contributed by atoms with E-state index in [1.165, 1.54) is 19.1 Å². The van der Waals surface area contributed by atoms with Gasteiger partial charge in [-0.15, -0.1) is 0 Å². The number of esters is 2. The fourth-order valence-electron chi connectivity index (χ4n) is 9.38. The number of aliphatic hydroxyl groups is 1. The molecular formula is C30H39F3O6. The van der Waals surface area contributed by atoms with Gasteiger partial charge in [-0.1, -0.05) is 47.6 Å². The third-order valence-corrected chi connectivity index (χ3v) is 12.2. The standard InChI is InChI=1S/C30H39F3O6/c1-15-10-17-18-12-20(32)19-11-16(34)8-9-27(19,6)29(18,33)21(35)13-28(17,7)30(15,24(37)38-14-31)39-23(36)22-25(2,3)26(22,4)5/h8-9,11,15,17-18,20-22,35H,10,12-14H2,1-7H3/t15-,17+,18+,20+,21+,27+,28+,29?,30+/m1/s1. The van der Waals surface area contributed by atoms with Gasteiger partial charge in [0.1, 0.15) is 6.17 Å². The fourth-order valence-corrected chi connectivity index (χ4v) is 9.38.